The van der Waals surface area contributed by atoms with Crippen LogP contribution < -0.4 is 0 Å². The maximum atomic E-state index is 14.3. The Balaban J connectivity index is 1.73. The van der Waals surface area contributed by atoms with Gasteiger partial charge in [-0.1, -0.05) is 146 Å². The van der Waals surface area contributed by atoms with Crippen LogP contribution in [0.15, 0.2) is 146 Å². The zero-order chi connectivity index (χ0) is 23.7. The highest BCUT2D eigenvalue weighted by atomic mass is 16.1. The lowest BCUT2D eigenvalue weighted by Crippen LogP contribution is -2.35. The lowest BCUT2D eigenvalue weighted by Gasteiger charge is -2.40. The van der Waals surface area contributed by atoms with Crippen LogP contribution in [0, 0.1) is 0 Å². The highest BCUT2D eigenvalue weighted by Gasteiger charge is 2.56. The second-order valence-corrected chi connectivity index (χ2v) is 9.22. The molecule has 0 fully saturated rings. The lowest BCUT2D eigenvalue weighted by molar-refractivity contribution is 0.0945. The van der Waals surface area contributed by atoms with Crippen molar-refractivity contribution in [3.8, 4) is 0 Å². The number of benzene rings is 5. The number of Topliss-reactive ketones (excluding diaryl/α,β-unsaturated/α-hetero) is 1. The molecule has 1 aliphatic rings. The van der Waals surface area contributed by atoms with Crippen LogP contribution in [-0.4, -0.2) is 5.78 Å². The van der Waals surface area contributed by atoms with Crippen molar-refractivity contribution in [3.05, 3.63) is 179 Å². The molecule has 6 rings (SSSR count). The SMILES string of the molecule is O=C(c1ccccc1)C1c2ccccc2C(c2ccccc2)(c2ccccc2)C1c1ccccc1. The van der Waals surface area contributed by atoms with E-state index < -0.39 is 5.41 Å². The first-order valence-corrected chi connectivity index (χ1v) is 12.2. The normalized spacial score (nSPS) is 18.1. The summed E-state index contributed by atoms with van der Waals surface area (Å²) >= 11 is 0. The molecule has 35 heavy (non-hydrogen) atoms. The topological polar surface area (TPSA) is 17.1 Å². The Hall–Kier alpha value is -4.23. The van der Waals surface area contributed by atoms with Crippen LogP contribution in [0.4, 0.5) is 0 Å². The number of ketones is 1. The van der Waals surface area contributed by atoms with E-state index in [2.05, 4.69) is 109 Å². The van der Waals surface area contributed by atoms with Crippen molar-refractivity contribution in [1.29, 1.82) is 0 Å². The van der Waals surface area contributed by atoms with Crippen LogP contribution in [0.1, 0.15) is 50.0 Å². The average molecular weight is 451 g/mol. The summed E-state index contributed by atoms with van der Waals surface area (Å²) in [6, 6.07) is 50.3. The third-order valence-electron chi connectivity index (χ3n) is 7.48. The summed E-state index contributed by atoms with van der Waals surface area (Å²) in [5, 5.41) is 0. The van der Waals surface area contributed by atoms with Gasteiger partial charge in [0.2, 0.25) is 0 Å². The summed E-state index contributed by atoms with van der Waals surface area (Å²) in [5.74, 6) is -0.240. The molecule has 1 aliphatic carbocycles. The molecule has 0 heterocycles. The molecule has 1 heteroatoms. The van der Waals surface area contributed by atoms with Gasteiger partial charge < -0.3 is 0 Å². The van der Waals surface area contributed by atoms with E-state index >= 15 is 0 Å². The minimum absolute atomic E-state index is 0.0985. The molecule has 0 bridgehead atoms. The fourth-order valence-electron chi connectivity index (χ4n) is 6.14. The molecule has 168 valence electrons. The number of carbonyl (C=O) groups excluding carboxylic acids is 1. The van der Waals surface area contributed by atoms with Gasteiger partial charge in [0.05, 0.1) is 11.3 Å². The van der Waals surface area contributed by atoms with Crippen molar-refractivity contribution in [1.82, 2.24) is 0 Å². The van der Waals surface area contributed by atoms with E-state index in [-0.39, 0.29) is 17.6 Å². The van der Waals surface area contributed by atoms with Crippen molar-refractivity contribution in [3.63, 3.8) is 0 Å². The van der Waals surface area contributed by atoms with Gasteiger partial charge in [0, 0.05) is 11.5 Å². The largest absolute Gasteiger partial charge is 0.293 e. The zero-order valence-electron chi connectivity index (χ0n) is 19.4. The predicted octanol–water partition coefficient (Wildman–Crippen LogP) is 7.78. The standard InChI is InChI=1S/C34H26O/c35-33(26-17-7-2-8-18-26)31-29-23-13-14-24-30(29)34(27-19-9-3-10-20-27,28-21-11-4-12-22-28)32(31)25-15-5-1-6-16-25/h1-24,31-32H. The van der Waals surface area contributed by atoms with Crippen molar-refractivity contribution in [2.75, 3.05) is 0 Å². The first-order valence-electron chi connectivity index (χ1n) is 12.2. The first-order chi connectivity index (χ1) is 17.3. The molecule has 5 aromatic carbocycles. The Morgan fingerprint density at radius 1 is 0.514 bits per heavy atom. The molecule has 0 N–H and O–H groups in total. The van der Waals surface area contributed by atoms with Gasteiger partial charge in [0.25, 0.3) is 0 Å². The summed E-state index contributed by atoms with van der Waals surface area (Å²) in [4.78, 5) is 14.3. The van der Waals surface area contributed by atoms with E-state index in [0.29, 0.717) is 0 Å². The molecule has 2 atom stereocenters. The zero-order valence-corrected chi connectivity index (χ0v) is 19.4. The average Bonchev–Trinajstić information content (AvgIpc) is 3.26. The van der Waals surface area contributed by atoms with Crippen molar-refractivity contribution >= 4 is 5.78 Å². The van der Waals surface area contributed by atoms with Crippen LogP contribution in [-0.2, 0) is 5.41 Å². The predicted molar refractivity (Wildman–Crippen MR) is 142 cm³/mol. The van der Waals surface area contributed by atoms with Crippen molar-refractivity contribution < 1.29 is 4.79 Å². The smallest absolute Gasteiger partial charge is 0.170 e. The Kier molecular flexibility index (Phi) is 5.39. The maximum absolute atomic E-state index is 14.3. The van der Waals surface area contributed by atoms with Crippen LogP contribution in [0.25, 0.3) is 0 Å². The molecule has 0 aliphatic heterocycles. The highest BCUT2D eigenvalue weighted by molar-refractivity contribution is 6.03. The van der Waals surface area contributed by atoms with Gasteiger partial charge in [-0.15, -0.1) is 0 Å². The minimum Gasteiger partial charge on any atom is -0.293 e. The summed E-state index contributed by atoms with van der Waals surface area (Å²) in [5.41, 5.74) is 6.15. The molecule has 5 aromatic rings. The van der Waals surface area contributed by atoms with Crippen molar-refractivity contribution in [2.24, 2.45) is 0 Å². The molecule has 0 saturated carbocycles. The third-order valence-corrected chi connectivity index (χ3v) is 7.48. The van der Waals surface area contributed by atoms with Gasteiger partial charge in [-0.05, 0) is 27.8 Å². The van der Waals surface area contributed by atoms with Gasteiger partial charge in [0.15, 0.2) is 5.78 Å². The monoisotopic (exact) mass is 450 g/mol. The third kappa shape index (κ3) is 3.35. The molecule has 2 unspecified atom stereocenters. The highest BCUT2D eigenvalue weighted by Crippen LogP contribution is 2.62. The van der Waals surface area contributed by atoms with Gasteiger partial charge >= 0.3 is 0 Å². The summed E-state index contributed by atoms with van der Waals surface area (Å²) in [6.07, 6.45) is 0. The number of hydrogen-bond donors (Lipinski definition) is 0. The molecule has 0 saturated heterocycles. The number of fused-ring (bicyclic) bond motifs is 1. The Bertz CT molecular complexity index is 1400. The Morgan fingerprint density at radius 2 is 0.971 bits per heavy atom. The molecular weight excluding hydrogens is 424 g/mol. The molecule has 0 aromatic heterocycles. The quantitative estimate of drug-likeness (QED) is 0.250. The first kappa shape index (κ1) is 21.3. The summed E-state index contributed by atoms with van der Waals surface area (Å²) < 4.78 is 0. The molecule has 0 spiro atoms. The van der Waals surface area contributed by atoms with Crippen LogP contribution in [0.3, 0.4) is 0 Å². The van der Waals surface area contributed by atoms with E-state index in [1.54, 1.807) is 0 Å². The van der Waals surface area contributed by atoms with Gasteiger partial charge in [-0.25, -0.2) is 0 Å². The summed E-state index contributed by atoms with van der Waals surface area (Å²) in [7, 11) is 0. The minimum atomic E-state index is -0.504. The fraction of sp³-hybridized carbons (Fsp3) is 0.0882. The fourth-order valence-corrected chi connectivity index (χ4v) is 6.14. The van der Waals surface area contributed by atoms with Crippen molar-refractivity contribution in [2.45, 2.75) is 17.3 Å². The molecule has 1 nitrogen and oxygen atoms in total. The van der Waals surface area contributed by atoms with E-state index in [1.807, 2.05) is 36.4 Å². The molecule has 0 radical (unpaired) electrons. The Labute approximate surface area is 206 Å². The Morgan fingerprint density at radius 3 is 1.54 bits per heavy atom. The number of rotatable bonds is 5. The van der Waals surface area contributed by atoms with E-state index in [0.717, 1.165) is 11.1 Å². The lowest BCUT2D eigenvalue weighted by atomic mass is 9.61. The second-order valence-electron chi connectivity index (χ2n) is 9.22. The second kappa shape index (κ2) is 8.85. The van der Waals surface area contributed by atoms with Crippen LogP contribution in [0.2, 0.25) is 0 Å². The van der Waals surface area contributed by atoms with Gasteiger partial charge in [-0.2, -0.15) is 0 Å². The molecule has 0 amide bonds. The van der Waals surface area contributed by atoms with Gasteiger partial charge in [-0.3, -0.25) is 4.79 Å². The van der Waals surface area contributed by atoms with E-state index in [1.165, 1.54) is 22.3 Å². The van der Waals surface area contributed by atoms with Crippen LogP contribution >= 0.6 is 0 Å². The molecular formula is C34H26O. The summed E-state index contributed by atoms with van der Waals surface area (Å²) in [6.45, 7) is 0. The number of hydrogen-bond acceptors (Lipinski definition) is 1. The van der Waals surface area contributed by atoms with E-state index in [4.69, 9.17) is 0 Å². The number of carbonyl (C=O) groups is 1. The maximum Gasteiger partial charge on any atom is 0.170 e. The van der Waals surface area contributed by atoms with E-state index in [9.17, 15) is 4.79 Å². The van der Waals surface area contributed by atoms with Gasteiger partial charge in [0.1, 0.15) is 0 Å². The van der Waals surface area contributed by atoms with Crippen LogP contribution in [0.5, 0.6) is 0 Å².